The van der Waals surface area contributed by atoms with Crippen LogP contribution >= 0.6 is 0 Å². The van der Waals surface area contributed by atoms with Crippen LogP contribution in [0, 0.1) is 0 Å². The van der Waals surface area contributed by atoms with Gasteiger partial charge in [0.05, 0.1) is 6.61 Å². The van der Waals surface area contributed by atoms with Crippen LogP contribution in [-0.2, 0) is 9.53 Å². The summed E-state index contributed by atoms with van der Waals surface area (Å²) >= 11 is 0. The summed E-state index contributed by atoms with van der Waals surface area (Å²) in [4.78, 5) is 10.8. The molecule has 0 aliphatic carbocycles. The molecule has 0 fully saturated rings. The molecule has 0 unspecified atom stereocenters. The molecule has 0 saturated carbocycles. The summed E-state index contributed by atoms with van der Waals surface area (Å²) in [6.07, 6.45) is 6.19. The number of unbranched alkanes of at least 4 members (excludes halogenated alkanes) is 1. The van der Waals surface area contributed by atoms with Crippen molar-refractivity contribution in [1.29, 1.82) is 0 Å². The topological polar surface area (TPSA) is 26.3 Å². The minimum atomic E-state index is 0.161. The molecule has 2 heteroatoms. The zero-order chi connectivity index (χ0) is 9.23. The molecule has 0 spiro atoms. The van der Waals surface area contributed by atoms with Gasteiger partial charge in [-0.3, -0.25) is 4.79 Å². The van der Waals surface area contributed by atoms with Crippen LogP contribution in [0.15, 0.2) is 12.2 Å². The number of hydrogen-bond acceptors (Lipinski definition) is 2. The van der Waals surface area contributed by atoms with E-state index in [2.05, 4.69) is 6.92 Å². The SMILES string of the molecule is CCCCOCC=CC(=O)CC. The maximum absolute atomic E-state index is 10.8. The fourth-order valence-corrected chi connectivity index (χ4v) is 0.695. The summed E-state index contributed by atoms with van der Waals surface area (Å²) in [5.74, 6) is 0.161. The Morgan fingerprint density at radius 2 is 2.17 bits per heavy atom. The maximum Gasteiger partial charge on any atom is 0.155 e. The van der Waals surface area contributed by atoms with Gasteiger partial charge in [-0.15, -0.1) is 0 Å². The third kappa shape index (κ3) is 7.48. The minimum Gasteiger partial charge on any atom is -0.377 e. The zero-order valence-electron chi connectivity index (χ0n) is 8.01. The summed E-state index contributed by atoms with van der Waals surface area (Å²) in [6, 6.07) is 0. The molecule has 0 heterocycles. The largest absolute Gasteiger partial charge is 0.377 e. The van der Waals surface area contributed by atoms with Crippen LogP contribution in [0.5, 0.6) is 0 Å². The first-order valence-corrected chi connectivity index (χ1v) is 4.58. The second-order valence-electron chi connectivity index (χ2n) is 2.65. The van der Waals surface area contributed by atoms with Gasteiger partial charge in [-0.25, -0.2) is 0 Å². The average molecular weight is 170 g/mol. The van der Waals surface area contributed by atoms with E-state index in [9.17, 15) is 4.79 Å². The normalized spacial score (nSPS) is 10.8. The van der Waals surface area contributed by atoms with Crippen LogP contribution in [-0.4, -0.2) is 19.0 Å². The van der Waals surface area contributed by atoms with Crippen molar-refractivity contribution in [2.45, 2.75) is 33.1 Å². The van der Waals surface area contributed by atoms with Gasteiger partial charge >= 0.3 is 0 Å². The lowest BCUT2D eigenvalue weighted by Gasteiger charge is -1.97. The quantitative estimate of drug-likeness (QED) is 0.433. The molecule has 0 saturated heterocycles. The van der Waals surface area contributed by atoms with Crippen molar-refractivity contribution in [1.82, 2.24) is 0 Å². The molecule has 0 rings (SSSR count). The fraction of sp³-hybridized carbons (Fsp3) is 0.700. The fourth-order valence-electron chi connectivity index (χ4n) is 0.695. The van der Waals surface area contributed by atoms with Crippen molar-refractivity contribution in [3.8, 4) is 0 Å². The molecule has 0 aromatic heterocycles. The summed E-state index contributed by atoms with van der Waals surface area (Å²) < 4.78 is 5.23. The van der Waals surface area contributed by atoms with Gasteiger partial charge in [-0.2, -0.15) is 0 Å². The lowest BCUT2D eigenvalue weighted by atomic mass is 10.3. The van der Waals surface area contributed by atoms with E-state index in [1.54, 1.807) is 12.2 Å². The highest BCUT2D eigenvalue weighted by Crippen LogP contribution is 1.89. The van der Waals surface area contributed by atoms with Crippen LogP contribution in [0.3, 0.4) is 0 Å². The third-order valence-electron chi connectivity index (χ3n) is 1.51. The highest BCUT2D eigenvalue weighted by molar-refractivity contribution is 5.89. The first kappa shape index (κ1) is 11.4. The molecule has 2 nitrogen and oxygen atoms in total. The van der Waals surface area contributed by atoms with E-state index in [4.69, 9.17) is 4.74 Å². The van der Waals surface area contributed by atoms with Crippen LogP contribution in [0.2, 0.25) is 0 Å². The lowest BCUT2D eigenvalue weighted by molar-refractivity contribution is -0.114. The molecule has 0 aliphatic rings. The van der Waals surface area contributed by atoms with Crippen molar-refractivity contribution >= 4 is 5.78 Å². The Kier molecular flexibility index (Phi) is 8.02. The number of ketones is 1. The Morgan fingerprint density at radius 3 is 2.75 bits per heavy atom. The average Bonchev–Trinajstić information content (AvgIpc) is 2.10. The van der Waals surface area contributed by atoms with Gasteiger partial charge < -0.3 is 4.74 Å². The number of ether oxygens (including phenoxy) is 1. The summed E-state index contributed by atoms with van der Waals surface area (Å²) in [5.41, 5.74) is 0. The number of carbonyl (C=O) groups is 1. The van der Waals surface area contributed by atoms with Gasteiger partial charge in [-0.05, 0) is 12.5 Å². The van der Waals surface area contributed by atoms with Crippen molar-refractivity contribution in [2.24, 2.45) is 0 Å². The van der Waals surface area contributed by atoms with Crippen molar-refractivity contribution in [3.63, 3.8) is 0 Å². The molecular weight excluding hydrogens is 152 g/mol. The van der Waals surface area contributed by atoms with Crippen molar-refractivity contribution in [2.75, 3.05) is 13.2 Å². The Bertz CT molecular complexity index is 139. The summed E-state index contributed by atoms with van der Waals surface area (Å²) in [7, 11) is 0. The molecule has 0 aromatic rings. The molecule has 0 atom stereocenters. The molecule has 70 valence electrons. The Balaban J connectivity index is 3.18. The van der Waals surface area contributed by atoms with Gasteiger partial charge in [0.1, 0.15) is 0 Å². The predicted molar refractivity (Wildman–Crippen MR) is 50.2 cm³/mol. The Morgan fingerprint density at radius 1 is 1.42 bits per heavy atom. The standard InChI is InChI=1S/C10H18O2/c1-3-5-8-12-9-6-7-10(11)4-2/h6-7H,3-5,8-9H2,1-2H3. The smallest absolute Gasteiger partial charge is 0.155 e. The van der Waals surface area contributed by atoms with E-state index in [0.717, 1.165) is 19.4 Å². The molecule has 0 amide bonds. The van der Waals surface area contributed by atoms with E-state index >= 15 is 0 Å². The van der Waals surface area contributed by atoms with Crippen molar-refractivity contribution in [3.05, 3.63) is 12.2 Å². The van der Waals surface area contributed by atoms with Crippen LogP contribution < -0.4 is 0 Å². The second kappa shape index (κ2) is 8.47. The van der Waals surface area contributed by atoms with E-state index in [1.165, 1.54) is 0 Å². The summed E-state index contributed by atoms with van der Waals surface area (Å²) in [6.45, 7) is 5.33. The van der Waals surface area contributed by atoms with Crippen LogP contribution in [0.25, 0.3) is 0 Å². The van der Waals surface area contributed by atoms with Gasteiger partial charge in [0.25, 0.3) is 0 Å². The van der Waals surface area contributed by atoms with Gasteiger partial charge in [0.15, 0.2) is 5.78 Å². The van der Waals surface area contributed by atoms with Gasteiger partial charge in [0, 0.05) is 13.0 Å². The van der Waals surface area contributed by atoms with Gasteiger partial charge in [-0.1, -0.05) is 26.3 Å². The highest BCUT2D eigenvalue weighted by atomic mass is 16.5. The van der Waals surface area contributed by atoms with E-state index in [1.807, 2.05) is 6.92 Å². The minimum absolute atomic E-state index is 0.161. The summed E-state index contributed by atoms with van der Waals surface area (Å²) in [5, 5.41) is 0. The molecule has 12 heavy (non-hydrogen) atoms. The third-order valence-corrected chi connectivity index (χ3v) is 1.51. The molecule has 0 radical (unpaired) electrons. The molecule has 0 N–H and O–H groups in total. The molecule has 0 bridgehead atoms. The zero-order valence-corrected chi connectivity index (χ0v) is 8.01. The number of rotatable bonds is 7. The predicted octanol–water partition coefficient (Wildman–Crippen LogP) is 2.34. The molecular formula is C10H18O2. The van der Waals surface area contributed by atoms with Crippen LogP contribution in [0.4, 0.5) is 0 Å². The molecule has 0 aromatic carbocycles. The highest BCUT2D eigenvalue weighted by Gasteiger charge is 1.88. The monoisotopic (exact) mass is 170 g/mol. The van der Waals surface area contributed by atoms with E-state index in [-0.39, 0.29) is 5.78 Å². The van der Waals surface area contributed by atoms with Crippen LogP contribution in [0.1, 0.15) is 33.1 Å². The van der Waals surface area contributed by atoms with E-state index < -0.39 is 0 Å². The lowest BCUT2D eigenvalue weighted by Crippen LogP contribution is -1.95. The van der Waals surface area contributed by atoms with Crippen molar-refractivity contribution < 1.29 is 9.53 Å². The molecule has 0 aliphatic heterocycles. The number of allylic oxidation sites excluding steroid dienone is 1. The second-order valence-corrected chi connectivity index (χ2v) is 2.65. The number of hydrogen-bond donors (Lipinski definition) is 0. The maximum atomic E-state index is 10.8. The first-order chi connectivity index (χ1) is 5.81. The van der Waals surface area contributed by atoms with Gasteiger partial charge in [0.2, 0.25) is 0 Å². The Hall–Kier alpha value is -0.630. The first-order valence-electron chi connectivity index (χ1n) is 4.58. The Labute approximate surface area is 74.6 Å². The van der Waals surface area contributed by atoms with E-state index in [0.29, 0.717) is 13.0 Å². The number of carbonyl (C=O) groups excluding carboxylic acids is 1.